The predicted molar refractivity (Wildman–Crippen MR) is 117 cm³/mol. The molecule has 1 aliphatic carbocycles. The molecule has 2 N–H and O–H groups in total. The highest BCUT2D eigenvalue weighted by atomic mass is 32.2. The van der Waals surface area contributed by atoms with E-state index in [1.54, 1.807) is 6.07 Å². The molecule has 2 aromatic rings. The molecule has 1 amide bonds. The van der Waals surface area contributed by atoms with E-state index >= 15 is 0 Å². The van der Waals surface area contributed by atoms with Crippen molar-refractivity contribution in [1.82, 2.24) is 10.0 Å². The van der Waals surface area contributed by atoms with Crippen LogP contribution in [0.25, 0.3) is 0 Å². The molecule has 0 aromatic heterocycles. The van der Waals surface area contributed by atoms with Crippen LogP contribution in [-0.4, -0.2) is 27.5 Å². The smallest absolute Gasteiger partial charge is 0.251 e. The van der Waals surface area contributed by atoms with Gasteiger partial charge in [-0.15, -0.1) is 0 Å². The molecule has 162 valence electrons. The van der Waals surface area contributed by atoms with Gasteiger partial charge in [0.25, 0.3) is 5.91 Å². The monoisotopic (exact) mass is 430 g/mol. The van der Waals surface area contributed by atoms with E-state index in [2.05, 4.69) is 17.0 Å². The number of amides is 1. The van der Waals surface area contributed by atoms with Crippen molar-refractivity contribution in [3.63, 3.8) is 0 Å². The summed E-state index contributed by atoms with van der Waals surface area (Å²) in [5.74, 6) is -0.109. The molecule has 0 radical (unpaired) electrons. The van der Waals surface area contributed by atoms with Crippen LogP contribution in [-0.2, 0) is 16.4 Å². The van der Waals surface area contributed by atoms with Gasteiger partial charge in [0.1, 0.15) is 10.6 Å². The molecular weight excluding hydrogens is 400 g/mol. The summed E-state index contributed by atoms with van der Waals surface area (Å²) in [6.07, 6.45) is 4.65. The number of ether oxygens (including phenoxy) is 1. The summed E-state index contributed by atoms with van der Waals surface area (Å²) in [7, 11) is -2.36. The fourth-order valence-corrected chi connectivity index (χ4v) is 5.26. The summed E-state index contributed by atoms with van der Waals surface area (Å²) in [6, 6.07) is 12.3. The molecule has 0 aliphatic heterocycles. The average molecular weight is 431 g/mol. The Hall–Kier alpha value is -2.38. The SMILES string of the molecule is CCc1ccc(C(C)NC(=O)c2ccc(OC)c(S(=O)(=O)NC3CCCC3)c2)cc1. The van der Waals surface area contributed by atoms with E-state index < -0.39 is 10.0 Å². The topological polar surface area (TPSA) is 84.5 Å². The lowest BCUT2D eigenvalue weighted by Gasteiger charge is -2.17. The largest absolute Gasteiger partial charge is 0.495 e. The van der Waals surface area contributed by atoms with Crippen LogP contribution in [0.15, 0.2) is 47.4 Å². The number of aryl methyl sites for hydroxylation is 1. The number of methoxy groups -OCH3 is 1. The second-order valence-corrected chi connectivity index (χ2v) is 9.44. The molecule has 1 saturated carbocycles. The van der Waals surface area contributed by atoms with Crippen LogP contribution in [0, 0.1) is 0 Å². The zero-order valence-electron chi connectivity index (χ0n) is 17.8. The van der Waals surface area contributed by atoms with Gasteiger partial charge >= 0.3 is 0 Å². The summed E-state index contributed by atoms with van der Waals surface area (Å²) in [4.78, 5) is 12.8. The second kappa shape index (κ2) is 9.62. The molecule has 30 heavy (non-hydrogen) atoms. The summed E-state index contributed by atoms with van der Waals surface area (Å²) in [6.45, 7) is 4.00. The van der Waals surface area contributed by atoms with Crippen molar-refractivity contribution in [2.24, 2.45) is 0 Å². The Labute approximate surface area is 179 Å². The number of benzene rings is 2. The Morgan fingerprint density at radius 1 is 1.13 bits per heavy atom. The van der Waals surface area contributed by atoms with Gasteiger partial charge in [0.05, 0.1) is 13.2 Å². The number of carbonyl (C=O) groups excluding carboxylic acids is 1. The minimum atomic E-state index is -3.79. The van der Waals surface area contributed by atoms with E-state index in [9.17, 15) is 13.2 Å². The molecular formula is C23H30N2O4S. The second-order valence-electron chi connectivity index (χ2n) is 7.76. The Bertz CT molecular complexity index is 981. The Balaban J connectivity index is 1.79. The van der Waals surface area contributed by atoms with Crippen molar-refractivity contribution in [3.8, 4) is 5.75 Å². The quantitative estimate of drug-likeness (QED) is 0.664. The maximum absolute atomic E-state index is 12.9. The van der Waals surface area contributed by atoms with Gasteiger partial charge in [0, 0.05) is 11.6 Å². The molecule has 1 atom stereocenters. The van der Waals surface area contributed by atoms with Gasteiger partial charge in [-0.2, -0.15) is 0 Å². The zero-order valence-corrected chi connectivity index (χ0v) is 18.6. The number of carbonyl (C=O) groups is 1. The lowest BCUT2D eigenvalue weighted by atomic mass is 10.0. The number of nitrogens with one attached hydrogen (secondary N) is 2. The van der Waals surface area contributed by atoms with E-state index in [1.807, 2.05) is 31.2 Å². The highest BCUT2D eigenvalue weighted by molar-refractivity contribution is 7.89. The maximum atomic E-state index is 12.9. The molecule has 7 heteroatoms. The third-order valence-corrected chi connectivity index (χ3v) is 7.17. The first-order valence-electron chi connectivity index (χ1n) is 10.4. The number of hydrogen-bond donors (Lipinski definition) is 2. The average Bonchev–Trinajstić information content (AvgIpc) is 3.25. The van der Waals surface area contributed by atoms with E-state index in [0.717, 1.165) is 37.7 Å². The first-order valence-corrected chi connectivity index (χ1v) is 11.9. The van der Waals surface area contributed by atoms with Gasteiger partial charge in [-0.25, -0.2) is 13.1 Å². The lowest BCUT2D eigenvalue weighted by molar-refractivity contribution is 0.0939. The fraction of sp³-hybridized carbons (Fsp3) is 0.435. The van der Waals surface area contributed by atoms with Crippen molar-refractivity contribution < 1.29 is 17.9 Å². The predicted octanol–water partition coefficient (Wildman–Crippen LogP) is 3.97. The van der Waals surface area contributed by atoms with E-state index in [0.29, 0.717) is 0 Å². The van der Waals surface area contributed by atoms with Crippen LogP contribution in [0.1, 0.15) is 67.1 Å². The fourth-order valence-electron chi connectivity index (χ4n) is 3.76. The lowest BCUT2D eigenvalue weighted by Crippen LogP contribution is -2.33. The summed E-state index contributed by atoms with van der Waals surface area (Å²) >= 11 is 0. The zero-order chi connectivity index (χ0) is 21.7. The normalized spacial score (nSPS) is 15.7. The summed E-state index contributed by atoms with van der Waals surface area (Å²) in [5.41, 5.74) is 2.50. The standard InChI is InChI=1S/C23H30N2O4S/c1-4-17-9-11-18(12-10-17)16(2)24-23(26)19-13-14-21(29-3)22(15-19)30(27,28)25-20-7-5-6-8-20/h9-16,20,25H,4-8H2,1-3H3,(H,24,26). The van der Waals surface area contributed by atoms with E-state index in [4.69, 9.17) is 4.74 Å². The van der Waals surface area contributed by atoms with Gasteiger partial charge in [-0.3, -0.25) is 4.79 Å². The van der Waals surface area contributed by atoms with Gasteiger partial charge in [-0.1, -0.05) is 44.0 Å². The third kappa shape index (κ3) is 5.21. The van der Waals surface area contributed by atoms with Gasteiger partial charge in [-0.05, 0) is 55.5 Å². The van der Waals surface area contributed by atoms with Gasteiger partial charge in [0.2, 0.25) is 10.0 Å². The first kappa shape index (κ1) is 22.3. The Kier molecular flexibility index (Phi) is 7.15. The van der Waals surface area contributed by atoms with Crippen molar-refractivity contribution in [1.29, 1.82) is 0 Å². The van der Waals surface area contributed by atoms with E-state index in [1.165, 1.54) is 24.8 Å². The van der Waals surface area contributed by atoms with Crippen LogP contribution in [0.4, 0.5) is 0 Å². The van der Waals surface area contributed by atoms with Gasteiger partial charge < -0.3 is 10.1 Å². The van der Waals surface area contributed by atoms with E-state index in [-0.39, 0.29) is 34.2 Å². The van der Waals surface area contributed by atoms with Crippen LogP contribution in [0.2, 0.25) is 0 Å². The van der Waals surface area contributed by atoms with Crippen LogP contribution in [0.3, 0.4) is 0 Å². The van der Waals surface area contributed by atoms with Crippen molar-refractivity contribution in [2.45, 2.75) is 62.9 Å². The highest BCUT2D eigenvalue weighted by Crippen LogP contribution is 2.27. The molecule has 0 spiro atoms. The number of sulfonamides is 1. The van der Waals surface area contributed by atoms with Crippen LogP contribution in [0.5, 0.6) is 5.75 Å². The Morgan fingerprint density at radius 3 is 2.40 bits per heavy atom. The molecule has 2 aromatic carbocycles. The van der Waals surface area contributed by atoms with Crippen molar-refractivity contribution >= 4 is 15.9 Å². The summed E-state index contributed by atoms with van der Waals surface area (Å²) < 4.78 is 33.9. The minimum absolute atomic E-state index is 0.00972. The molecule has 0 bridgehead atoms. The highest BCUT2D eigenvalue weighted by Gasteiger charge is 2.27. The van der Waals surface area contributed by atoms with Crippen LogP contribution >= 0.6 is 0 Å². The third-order valence-electron chi connectivity index (χ3n) is 5.63. The molecule has 1 aliphatic rings. The van der Waals surface area contributed by atoms with Crippen molar-refractivity contribution in [3.05, 3.63) is 59.2 Å². The minimum Gasteiger partial charge on any atom is -0.495 e. The molecule has 6 nitrogen and oxygen atoms in total. The molecule has 1 unspecified atom stereocenters. The molecule has 0 heterocycles. The molecule has 1 fully saturated rings. The maximum Gasteiger partial charge on any atom is 0.251 e. The number of rotatable bonds is 8. The molecule has 3 rings (SSSR count). The number of hydrogen-bond acceptors (Lipinski definition) is 4. The summed E-state index contributed by atoms with van der Waals surface area (Å²) in [5, 5.41) is 2.94. The van der Waals surface area contributed by atoms with Gasteiger partial charge in [0.15, 0.2) is 0 Å². The van der Waals surface area contributed by atoms with Crippen LogP contribution < -0.4 is 14.8 Å². The van der Waals surface area contributed by atoms with Crippen molar-refractivity contribution in [2.75, 3.05) is 7.11 Å². The Morgan fingerprint density at radius 2 is 1.80 bits per heavy atom. The first-order chi connectivity index (χ1) is 14.3. The molecule has 0 saturated heterocycles.